The molecule has 0 bridgehead atoms. The predicted octanol–water partition coefficient (Wildman–Crippen LogP) is 2.37. The maximum Gasteiger partial charge on any atom is 0.109 e. The molecule has 3 nitrogen and oxygen atoms in total. The fourth-order valence-electron chi connectivity index (χ4n) is 2.05. The summed E-state index contributed by atoms with van der Waals surface area (Å²) in [5.41, 5.74) is 4.06. The van der Waals surface area contributed by atoms with E-state index in [1.54, 1.807) is 0 Å². The Labute approximate surface area is 109 Å². The molecule has 0 aliphatic rings. The van der Waals surface area contributed by atoms with Crippen LogP contribution in [0.1, 0.15) is 22.5 Å². The molecule has 1 aromatic heterocycles. The minimum atomic E-state index is 0.929. The van der Waals surface area contributed by atoms with Crippen molar-refractivity contribution in [1.29, 1.82) is 0 Å². The van der Waals surface area contributed by atoms with Crippen LogP contribution in [0.5, 0.6) is 0 Å². The number of hydrogen-bond acceptors (Lipinski definition) is 2. The zero-order chi connectivity index (χ0) is 13.0. The number of nitrogens with one attached hydrogen (secondary N) is 1. The molecule has 1 N–H and O–H groups in total. The summed E-state index contributed by atoms with van der Waals surface area (Å²) in [6.07, 6.45) is 4.80. The molecule has 2 aromatic rings. The molecule has 0 amide bonds. The minimum absolute atomic E-state index is 0.929. The largest absolute Gasteiger partial charge is 0.338 e. The van der Waals surface area contributed by atoms with Crippen molar-refractivity contribution in [3.8, 4) is 0 Å². The van der Waals surface area contributed by atoms with Crippen molar-refractivity contribution in [3.05, 3.63) is 53.1 Å². The highest BCUT2D eigenvalue weighted by molar-refractivity contribution is 5.30. The van der Waals surface area contributed by atoms with E-state index in [1.807, 2.05) is 19.4 Å². The lowest BCUT2D eigenvalue weighted by molar-refractivity contribution is 0.653. The van der Waals surface area contributed by atoms with Crippen molar-refractivity contribution < 1.29 is 0 Å². The molecule has 2 rings (SSSR count). The van der Waals surface area contributed by atoms with Crippen LogP contribution in [0.15, 0.2) is 30.6 Å². The summed E-state index contributed by atoms with van der Waals surface area (Å²) in [6.45, 7) is 6.18. The standard InChI is InChI=1S/C15H21N3/c1-12-4-5-13(2)14(10-12)11-16-7-6-15-17-8-9-18(15)3/h4-5,8-10,16H,6-7,11H2,1-3H3. The molecule has 3 heteroatoms. The number of aryl methyl sites for hydroxylation is 3. The van der Waals surface area contributed by atoms with Gasteiger partial charge in [-0.25, -0.2) is 4.98 Å². The third-order valence-electron chi connectivity index (χ3n) is 3.27. The summed E-state index contributed by atoms with van der Waals surface area (Å²) in [6, 6.07) is 6.60. The van der Waals surface area contributed by atoms with Crippen LogP contribution in [0.25, 0.3) is 0 Å². The van der Waals surface area contributed by atoms with Gasteiger partial charge in [-0.05, 0) is 25.0 Å². The van der Waals surface area contributed by atoms with Crippen LogP contribution < -0.4 is 5.32 Å². The first-order valence-electron chi connectivity index (χ1n) is 6.40. The van der Waals surface area contributed by atoms with Crippen LogP contribution in [-0.2, 0) is 20.0 Å². The third kappa shape index (κ3) is 3.20. The second-order valence-electron chi connectivity index (χ2n) is 4.81. The first-order chi connectivity index (χ1) is 8.66. The molecular weight excluding hydrogens is 222 g/mol. The van der Waals surface area contributed by atoms with Gasteiger partial charge in [-0.15, -0.1) is 0 Å². The van der Waals surface area contributed by atoms with Crippen LogP contribution in [0.4, 0.5) is 0 Å². The number of rotatable bonds is 5. The number of aromatic nitrogens is 2. The van der Waals surface area contributed by atoms with Crippen LogP contribution >= 0.6 is 0 Å². The summed E-state index contributed by atoms with van der Waals surface area (Å²) >= 11 is 0. The summed E-state index contributed by atoms with van der Waals surface area (Å²) in [5, 5.41) is 3.48. The van der Waals surface area contributed by atoms with Crippen molar-refractivity contribution in [2.24, 2.45) is 7.05 Å². The molecule has 0 aliphatic heterocycles. The highest BCUT2D eigenvalue weighted by Crippen LogP contribution is 2.10. The van der Waals surface area contributed by atoms with E-state index in [0.717, 1.165) is 25.3 Å². The second-order valence-corrected chi connectivity index (χ2v) is 4.81. The summed E-state index contributed by atoms with van der Waals surface area (Å²) < 4.78 is 2.07. The van der Waals surface area contributed by atoms with E-state index in [2.05, 4.69) is 46.9 Å². The smallest absolute Gasteiger partial charge is 0.109 e. The average molecular weight is 243 g/mol. The van der Waals surface area contributed by atoms with Crippen molar-refractivity contribution in [3.63, 3.8) is 0 Å². The fourth-order valence-corrected chi connectivity index (χ4v) is 2.05. The van der Waals surface area contributed by atoms with Gasteiger partial charge < -0.3 is 9.88 Å². The third-order valence-corrected chi connectivity index (χ3v) is 3.27. The Hall–Kier alpha value is -1.61. The molecule has 0 spiro atoms. The molecule has 0 saturated carbocycles. The Morgan fingerprint density at radius 1 is 1.28 bits per heavy atom. The quantitative estimate of drug-likeness (QED) is 0.817. The second kappa shape index (κ2) is 5.83. The maximum absolute atomic E-state index is 4.31. The van der Waals surface area contributed by atoms with Gasteiger partial charge in [0.05, 0.1) is 0 Å². The predicted molar refractivity (Wildman–Crippen MR) is 74.5 cm³/mol. The average Bonchev–Trinajstić information content (AvgIpc) is 2.75. The molecule has 1 heterocycles. The van der Waals surface area contributed by atoms with E-state index in [-0.39, 0.29) is 0 Å². The van der Waals surface area contributed by atoms with Crippen LogP contribution in [0.3, 0.4) is 0 Å². The highest BCUT2D eigenvalue weighted by Gasteiger charge is 2.00. The van der Waals surface area contributed by atoms with Crippen LogP contribution in [0, 0.1) is 13.8 Å². The zero-order valence-electron chi connectivity index (χ0n) is 11.4. The number of nitrogens with zero attached hydrogens (tertiary/aromatic N) is 2. The van der Waals surface area contributed by atoms with E-state index in [9.17, 15) is 0 Å². The molecule has 0 saturated heterocycles. The molecule has 0 aliphatic carbocycles. The number of hydrogen-bond donors (Lipinski definition) is 1. The molecule has 0 fully saturated rings. The Balaban J connectivity index is 1.82. The van der Waals surface area contributed by atoms with Crippen LogP contribution in [-0.4, -0.2) is 16.1 Å². The molecule has 0 radical (unpaired) electrons. The van der Waals surface area contributed by atoms with Gasteiger partial charge in [-0.3, -0.25) is 0 Å². The van der Waals surface area contributed by atoms with E-state index < -0.39 is 0 Å². The van der Waals surface area contributed by atoms with Gasteiger partial charge in [0.2, 0.25) is 0 Å². The molecule has 0 atom stereocenters. The highest BCUT2D eigenvalue weighted by atomic mass is 15.0. The van der Waals surface area contributed by atoms with E-state index >= 15 is 0 Å². The molecule has 0 unspecified atom stereocenters. The van der Waals surface area contributed by atoms with Gasteiger partial charge in [-0.2, -0.15) is 0 Å². The lowest BCUT2D eigenvalue weighted by Gasteiger charge is -2.09. The van der Waals surface area contributed by atoms with Gasteiger partial charge in [-0.1, -0.05) is 23.8 Å². The lowest BCUT2D eigenvalue weighted by Crippen LogP contribution is -2.18. The maximum atomic E-state index is 4.31. The van der Waals surface area contributed by atoms with Gasteiger partial charge >= 0.3 is 0 Å². The first kappa shape index (κ1) is 12.8. The minimum Gasteiger partial charge on any atom is -0.338 e. The lowest BCUT2D eigenvalue weighted by atomic mass is 10.1. The van der Waals surface area contributed by atoms with E-state index in [1.165, 1.54) is 16.7 Å². The Morgan fingerprint density at radius 3 is 2.83 bits per heavy atom. The number of imidazole rings is 1. The van der Waals surface area contributed by atoms with Crippen molar-refractivity contribution in [2.75, 3.05) is 6.54 Å². The van der Waals surface area contributed by atoms with Crippen LogP contribution in [0.2, 0.25) is 0 Å². The fraction of sp³-hybridized carbons (Fsp3) is 0.400. The van der Waals surface area contributed by atoms with E-state index in [4.69, 9.17) is 0 Å². The Morgan fingerprint density at radius 2 is 2.11 bits per heavy atom. The monoisotopic (exact) mass is 243 g/mol. The molecule has 1 aromatic carbocycles. The van der Waals surface area contributed by atoms with Crippen molar-refractivity contribution >= 4 is 0 Å². The van der Waals surface area contributed by atoms with Crippen molar-refractivity contribution in [1.82, 2.24) is 14.9 Å². The zero-order valence-corrected chi connectivity index (χ0v) is 11.4. The van der Waals surface area contributed by atoms with Gasteiger partial charge in [0, 0.05) is 39.0 Å². The molecular formula is C15H21N3. The SMILES string of the molecule is Cc1ccc(C)c(CNCCc2nccn2C)c1. The first-order valence-corrected chi connectivity index (χ1v) is 6.40. The summed E-state index contributed by atoms with van der Waals surface area (Å²) in [7, 11) is 2.03. The van der Waals surface area contributed by atoms with Gasteiger partial charge in [0.25, 0.3) is 0 Å². The van der Waals surface area contributed by atoms with Gasteiger partial charge in [0.1, 0.15) is 5.82 Å². The Kier molecular flexibility index (Phi) is 4.15. The van der Waals surface area contributed by atoms with E-state index in [0.29, 0.717) is 0 Å². The summed E-state index contributed by atoms with van der Waals surface area (Å²) in [5.74, 6) is 1.13. The van der Waals surface area contributed by atoms with Crippen molar-refractivity contribution in [2.45, 2.75) is 26.8 Å². The molecule has 96 valence electrons. The van der Waals surface area contributed by atoms with Gasteiger partial charge in [0.15, 0.2) is 0 Å². The summed E-state index contributed by atoms with van der Waals surface area (Å²) in [4.78, 5) is 4.31. The normalized spacial score (nSPS) is 10.8. The molecule has 18 heavy (non-hydrogen) atoms. The Bertz CT molecular complexity index is 514. The number of benzene rings is 1. The topological polar surface area (TPSA) is 29.9 Å².